The van der Waals surface area contributed by atoms with Crippen molar-refractivity contribution < 1.29 is 0 Å². The lowest BCUT2D eigenvalue weighted by Crippen LogP contribution is -2.31. The van der Waals surface area contributed by atoms with E-state index in [9.17, 15) is 0 Å². The van der Waals surface area contributed by atoms with Gasteiger partial charge in [-0.05, 0) is 59.2 Å². The Morgan fingerprint density at radius 2 is 1.12 bits per heavy atom. The monoisotopic (exact) mass is 665 g/mol. The first-order chi connectivity index (χ1) is 25.8. The van der Waals surface area contributed by atoms with Gasteiger partial charge in [0, 0.05) is 43.8 Å². The second kappa shape index (κ2) is 12.7. The normalized spacial score (nSPS) is 13.3. The fraction of sp³-hybridized carbons (Fsp3) is 0.0816. The van der Waals surface area contributed by atoms with Crippen LogP contribution in [-0.2, 0) is 6.42 Å². The van der Waals surface area contributed by atoms with Crippen molar-refractivity contribution in [3.63, 3.8) is 0 Å². The van der Waals surface area contributed by atoms with Gasteiger partial charge in [-0.1, -0.05) is 158 Å². The zero-order valence-electron chi connectivity index (χ0n) is 28.8. The number of aromatic nitrogens is 3. The predicted molar refractivity (Wildman–Crippen MR) is 217 cm³/mol. The summed E-state index contributed by atoms with van der Waals surface area (Å²) in [7, 11) is 0. The third-order valence-corrected chi connectivity index (χ3v) is 10.5. The van der Waals surface area contributed by atoms with Gasteiger partial charge in [-0.15, -0.1) is 0 Å². The van der Waals surface area contributed by atoms with Crippen LogP contribution in [-0.4, -0.2) is 15.0 Å². The number of rotatable bonds is 5. The van der Waals surface area contributed by atoms with Gasteiger partial charge in [-0.3, -0.25) is 0 Å². The molecule has 0 saturated carbocycles. The number of fused-ring (bicyclic) bond motifs is 6. The van der Waals surface area contributed by atoms with Gasteiger partial charge in [0.1, 0.15) is 0 Å². The molecule has 0 unspecified atom stereocenters. The topological polar surface area (TPSA) is 38.7 Å². The largest absolute Gasteiger partial charge is 0.247 e. The van der Waals surface area contributed by atoms with Gasteiger partial charge in [-0.2, -0.15) is 0 Å². The Morgan fingerprint density at radius 3 is 1.88 bits per heavy atom. The van der Waals surface area contributed by atoms with Gasteiger partial charge in [0.2, 0.25) is 0 Å². The first-order valence-corrected chi connectivity index (χ1v) is 18.2. The molecule has 2 aliphatic carbocycles. The van der Waals surface area contributed by atoms with Crippen LogP contribution in [0.3, 0.4) is 0 Å². The van der Waals surface area contributed by atoms with E-state index in [2.05, 4.69) is 164 Å². The molecular formula is C49H35N3. The molecule has 3 nitrogen and oxygen atoms in total. The van der Waals surface area contributed by atoms with Crippen LogP contribution in [0.4, 0.5) is 0 Å². The number of hydrogen-bond donors (Lipinski definition) is 0. The Hall–Kier alpha value is -6.45. The summed E-state index contributed by atoms with van der Waals surface area (Å²) in [5.41, 5.74) is 11.8. The predicted octanol–water partition coefficient (Wildman–Crippen LogP) is 10.8. The van der Waals surface area contributed by atoms with Gasteiger partial charge in [0.05, 0.1) is 22.4 Å². The number of aryl methyl sites for hydroxylation is 1. The summed E-state index contributed by atoms with van der Waals surface area (Å²) in [4.78, 5) is 16.1. The van der Waals surface area contributed by atoms with Gasteiger partial charge in [0.25, 0.3) is 0 Å². The molecule has 3 heteroatoms. The minimum atomic E-state index is 0.737. The third kappa shape index (κ3) is 5.25. The van der Waals surface area contributed by atoms with Crippen LogP contribution < -0.4 is 10.6 Å². The quantitative estimate of drug-likeness (QED) is 0.172. The highest BCUT2D eigenvalue weighted by Crippen LogP contribution is 2.41. The summed E-state index contributed by atoms with van der Waals surface area (Å²) in [6, 6.07) is 49.8. The standard InChI is InChI=1S/C49H35N3/c1-3-15-35(16-4-1)47-44(48(36-17-5-2-6-18-36)52-49(51-47)39-28-23-32-13-7-8-19-38(32)31-39)34-24-26-37(27-25-34)46-42-30-29-33-14-9-10-20-40(33)45(42)41-21-11-12-22-43(41)50-46/h1-7,9-10,13-18,20-31H,8,11-12,19H2. The second-order valence-corrected chi connectivity index (χ2v) is 13.7. The molecule has 0 spiro atoms. The van der Waals surface area contributed by atoms with Crippen LogP contribution in [0.2, 0.25) is 0 Å². The van der Waals surface area contributed by atoms with E-state index < -0.39 is 0 Å². The summed E-state index contributed by atoms with van der Waals surface area (Å²) < 4.78 is 0. The molecule has 0 aliphatic heterocycles. The molecule has 0 atom stereocenters. The molecule has 0 N–H and O–H groups in total. The van der Waals surface area contributed by atoms with E-state index in [1.807, 2.05) is 0 Å². The molecular weight excluding hydrogens is 631 g/mol. The zero-order chi connectivity index (χ0) is 34.4. The molecule has 246 valence electrons. The second-order valence-electron chi connectivity index (χ2n) is 13.7. The van der Waals surface area contributed by atoms with Crippen LogP contribution >= 0.6 is 0 Å². The highest BCUT2D eigenvalue weighted by Gasteiger charge is 2.21. The Labute approximate surface area is 303 Å². The summed E-state index contributed by atoms with van der Waals surface area (Å²) in [6.07, 6.45) is 13.3. The van der Waals surface area contributed by atoms with Crippen LogP contribution in [0.5, 0.6) is 0 Å². The van der Waals surface area contributed by atoms with E-state index in [-0.39, 0.29) is 0 Å². The molecule has 10 rings (SSSR count). The summed E-state index contributed by atoms with van der Waals surface area (Å²) in [5.74, 6) is 0.737. The first-order valence-electron chi connectivity index (χ1n) is 18.2. The highest BCUT2D eigenvalue weighted by atomic mass is 14.9. The highest BCUT2D eigenvalue weighted by molar-refractivity contribution is 6.11. The van der Waals surface area contributed by atoms with Crippen molar-refractivity contribution in [1.82, 2.24) is 15.0 Å². The summed E-state index contributed by atoms with van der Waals surface area (Å²) in [6.45, 7) is 0. The Balaban J connectivity index is 1.18. The van der Waals surface area contributed by atoms with E-state index in [0.29, 0.717) is 0 Å². The zero-order valence-corrected chi connectivity index (χ0v) is 28.8. The maximum Gasteiger partial charge on any atom is 0.160 e. The molecule has 0 saturated heterocycles. The first kappa shape index (κ1) is 30.4. The van der Waals surface area contributed by atoms with E-state index in [0.717, 1.165) is 87.3 Å². The van der Waals surface area contributed by atoms with Crippen molar-refractivity contribution in [2.75, 3.05) is 0 Å². The van der Waals surface area contributed by atoms with E-state index in [4.69, 9.17) is 15.0 Å². The summed E-state index contributed by atoms with van der Waals surface area (Å²) in [5, 5.41) is 7.33. The molecule has 6 aromatic carbocycles. The Bertz CT molecular complexity index is 2760. The van der Waals surface area contributed by atoms with Crippen molar-refractivity contribution in [2.24, 2.45) is 0 Å². The third-order valence-electron chi connectivity index (χ3n) is 10.5. The number of nitrogens with zero attached hydrogens (tertiary/aromatic N) is 3. The number of benzene rings is 6. The average molecular weight is 666 g/mol. The van der Waals surface area contributed by atoms with Gasteiger partial charge < -0.3 is 0 Å². The molecule has 0 radical (unpaired) electrons. The lowest BCUT2D eigenvalue weighted by Gasteiger charge is -2.18. The van der Waals surface area contributed by atoms with Crippen molar-refractivity contribution in [3.05, 3.63) is 167 Å². The van der Waals surface area contributed by atoms with Gasteiger partial charge in [0.15, 0.2) is 5.82 Å². The average Bonchev–Trinajstić information content (AvgIpc) is 3.23. The van der Waals surface area contributed by atoms with E-state index in [1.54, 1.807) is 0 Å². The SMILES string of the molecule is C1=Cc2ccc(-c3nc(-c4ccccc4)c(-c4ccc(-c5nc6c(c7c5ccc5ccccc57)=CCCC=6)cc4)c(-c4ccccc4)n3)cc2CC1. The molecule has 2 heterocycles. The van der Waals surface area contributed by atoms with Crippen molar-refractivity contribution in [1.29, 1.82) is 0 Å². The maximum atomic E-state index is 5.37. The van der Waals surface area contributed by atoms with Crippen LogP contribution in [0.1, 0.15) is 30.4 Å². The molecule has 2 aliphatic rings. The van der Waals surface area contributed by atoms with Gasteiger partial charge in [-0.25, -0.2) is 15.0 Å². The van der Waals surface area contributed by atoms with Crippen molar-refractivity contribution in [2.45, 2.75) is 25.7 Å². The van der Waals surface area contributed by atoms with E-state index in [1.165, 1.54) is 37.9 Å². The fourth-order valence-corrected chi connectivity index (χ4v) is 8.00. The van der Waals surface area contributed by atoms with Gasteiger partial charge >= 0.3 is 0 Å². The molecule has 52 heavy (non-hydrogen) atoms. The Morgan fingerprint density at radius 1 is 0.462 bits per heavy atom. The van der Waals surface area contributed by atoms with Crippen LogP contribution in [0.15, 0.2) is 146 Å². The number of hydrogen-bond acceptors (Lipinski definition) is 3. The Kier molecular flexibility index (Phi) is 7.42. The lowest BCUT2D eigenvalue weighted by molar-refractivity contribution is 0.985. The maximum absolute atomic E-state index is 5.37. The fourth-order valence-electron chi connectivity index (χ4n) is 8.00. The van der Waals surface area contributed by atoms with Crippen molar-refractivity contribution >= 4 is 39.8 Å². The minimum absolute atomic E-state index is 0.737. The molecule has 0 amide bonds. The van der Waals surface area contributed by atoms with E-state index >= 15 is 0 Å². The summed E-state index contributed by atoms with van der Waals surface area (Å²) >= 11 is 0. The lowest BCUT2D eigenvalue weighted by atomic mass is 9.91. The molecule has 0 bridgehead atoms. The molecule has 2 aromatic heterocycles. The van der Waals surface area contributed by atoms with Crippen molar-refractivity contribution in [3.8, 4) is 56.3 Å². The number of pyridine rings is 1. The molecule has 8 aromatic rings. The van der Waals surface area contributed by atoms with Crippen LogP contribution in [0, 0.1) is 0 Å². The number of allylic oxidation sites excluding steroid dienone is 1. The van der Waals surface area contributed by atoms with Crippen LogP contribution in [0.25, 0.3) is 96.1 Å². The molecule has 0 fully saturated rings. The minimum Gasteiger partial charge on any atom is -0.247 e. The smallest absolute Gasteiger partial charge is 0.160 e.